The summed E-state index contributed by atoms with van der Waals surface area (Å²) in [4.78, 5) is 29.1. The van der Waals surface area contributed by atoms with Gasteiger partial charge in [0.05, 0.1) is 10.7 Å². The predicted octanol–water partition coefficient (Wildman–Crippen LogP) is 2.34. The molecule has 1 aliphatic heterocycles. The molecule has 0 aliphatic carbocycles. The van der Waals surface area contributed by atoms with Crippen LogP contribution in [0.2, 0.25) is 5.02 Å². The van der Waals surface area contributed by atoms with Gasteiger partial charge in [0.1, 0.15) is 0 Å². The van der Waals surface area contributed by atoms with Gasteiger partial charge in [0.15, 0.2) is 23.0 Å². The zero-order valence-corrected chi connectivity index (χ0v) is 16.3. The van der Waals surface area contributed by atoms with Gasteiger partial charge in [-0.2, -0.15) is 5.10 Å². The lowest BCUT2D eigenvalue weighted by molar-refractivity contribution is 0.0844. The van der Waals surface area contributed by atoms with E-state index >= 15 is 0 Å². The van der Waals surface area contributed by atoms with E-state index in [4.69, 9.17) is 21.1 Å². The quantitative estimate of drug-likeness (QED) is 0.638. The maximum atomic E-state index is 12.5. The fourth-order valence-electron chi connectivity index (χ4n) is 2.85. The number of rotatable bonds is 3. The fourth-order valence-corrected chi connectivity index (χ4v) is 3.04. The summed E-state index contributed by atoms with van der Waals surface area (Å²) in [6.45, 7) is 3.84. The number of carbonyl (C=O) groups is 2. The smallest absolute Gasteiger partial charge is 0.289 e. The van der Waals surface area contributed by atoms with Crippen LogP contribution in [0.3, 0.4) is 0 Å². The van der Waals surface area contributed by atoms with E-state index in [-0.39, 0.29) is 17.5 Å². The Balaban J connectivity index is 1.49. The first kappa shape index (κ1) is 18.8. The van der Waals surface area contributed by atoms with Gasteiger partial charge < -0.3 is 9.47 Å². The highest BCUT2D eigenvalue weighted by atomic mass is 35.5. The molecular weight excluding hydrogens is 398 g/mol. The lowest BCUT2D eigenvalue weighted by Gasteiger charge is -2.10. The summed E-state index contributed by atoms with van der Waals surface area (Å²) in [5.74, 6) is 0.274. The minimum Gasteiger partial charge on any atom is -0.454 e. The number of nitrogens with one attached hydrogen (secondary N) is 2. The van der Waals surface area contributed by atoms with Crippen molar-refractivity contribution < 1.29 is 19.1 Å². The van der Waals surface area contributed by atoms with Gasteiger partial charge in [-0.05, 0) is 50.2 Å². The lowest BCUT2D eigenvalue weighted by Crippen LogP contribution is -2.42. The highest BCUT2D eigenvalue weighted by Crippen LogP contribution is 2.32. The van der Waals surface area contributed by atoms with E-state index in [0.29, 0.717) is 22.9 Å². The van der Waals surface area contributed by atoms with Crippen LogP contribution in [0.25, 0.3) is 5.82 Å². The average Bonchev–Trinajstić information content (AvgIpc) is 3.31. The Morgan fingerprint density at radius 1 is 1.03 bits per heavy atom. The Bertz CT molecular complexity index is 1130. The van der Waals surface area contributed by atoms with Crippen LogP contribution in [0, 0.1) is 13.8 Å². The number of hydrogen-bond donors (Lipinski definition) is 2. The summed E-state index contributed by atoms with van der Waals surface area (Å²) >= 11 is 6.12. The van der Waals surface area contributed by atoms with Crippen molar-refractivity contribution in [3.63, 3.8) is 0 Å². The van der Waals surface area contributed by atoms with Crippen molar-refractivity contribution >= 4 is 23.4 Å². The number of fused-ring (bicyclic) bond motifs is 1. The fraction of sp³-hybridized carbons (Fsp3) is 0.158. The zero-order chi connectivity index (χ0) is 20.5. The van der Waals surface area contributed by atoms with Gasteiger partial charge in [-0.15, -0.1) is 0 Å². The van der Waals surface area contributed by atoms with Crippen LogP contribution >= 0.6 is 11.6 Å². The summed E-state index contributed by atoms with van der Waals surface area (Å²) in [5, 5.41) is 4.48. The number of aromatic nitrogens is 3. The number of amides is 2. The second kappa shape index (κ2) is 7.44. The molecule has 4 rings (SSSR count). The summed E-state index contributed by atoms with van der Waals surface area (Å²) in [6.07, 6.45) is 0. The third-order valence-corrected chi connectivity index (χ3v) is 4.50. The second-order valence-electron chi connectivity index (χ2n) is 6.32. The van der Waals surface area contributed by atoms with Crippen LogP contribution in [0.5, 0.6) is 11.5 Å². The summed E-state index contributed by atoms with van der Waals surface area (Å²) in [6, 6.07) is 9.80. The van der Waals surface area contributed by atoms with Gasteiger partial charge >= 0.3 is 0 Å². The maximum Gasteiger partial charge on any atom is 0.289 e. The molecule has 0 unspecified atom stereocenters. The molecule has 0 atom stereocenters. The first-order valence-electron chi connectivity index (χ1n) is 8.63. The van der Waals surface area contributed by atoms with E-state index in [1.165, 1.54) is 6.07 Å². The molecule has 1 aliphatic rings. The van der Waals surface area contributed by atoms with E-state index in [9.17, 15) is 9.59 Å². The minimum absolute atomic E-state index is 0.0392. The highest BCUT2D eigenvalue weighted by Gasteiger charge is 2.19. The van der Waals surface area contributed by atoms with Gasteiger partial charge in [0, 0.05) is 11.3 Å². The third kappa shape index (κ3) is 3.72. The van der Waals surface area contributed by atoms with Crippen LogP contribution in [0.15, 0.2) is 36.4 Å². The van der Waals surface area contributed by atoms with E-state index < -0.39 is 11.8 Å². The van der Waals surface area contributed by atoms with E-state index in [1.807, 2.05) is 19.9 Å². The highest BCUT2D eigenvalue weighted by molar-refractivity contribution is 6.33. The normalized spacial score (nSPS) is 12.0. The maximum absolute atomic E-state index is 12.5. The van der Waals surface area contributed by atoms with Gasteiger partial charge in [-0.1, -0.05) is 11.6 Å². The predicted molar refractivity (Wildman–Crippen MR) is 103 cm³/mol. The van der Waals surface area contributed by atoms with Crippen LogP contribution in [0.1, 0.15) is 32.2 Å². The van der Waals surface area contributed by atoms with Crippen molar-refractivity contribution in [3.8, 4) is 17.3 Å². The molecule has 148 valence electrons. The number of ether oxygens (including phenoxy) is 2. The minimum atomic E-state index is -0.660. The number of nitrogens with zero attached hydrogens (tertiary/aromatic N) is 3. The molecule has 0 saturated heterocycles. The summed E-state index contributed by atoms with van der Waals surface area (Å²) < 4.78 is 12.1. The SMILES string of the molecule is Cc1cc(C)n(-c2ccc(Cl)c(C(=O)NNC(=O)c3ccc4c(c3)OCO4)n2)n1. The molecule has 0 radical (unpaired) electrons. The standard InChI is InChI=1S/C19H16ClN5O4/c1-10-7-11(2)25(24-10)16-6-4-13(20)17(21-16)19(27)23-22-18(26)12-3-5-14-15(8-12)29-9-28-14/h3-8H,9H2,1-2H3,(H,22,26)(H,23,27). The summed E-state index contributed by atoms with van der Waals surface area (Å²) in [7, 11) is 0. The molecule has 2 amide bonds. The number of aryl methyl sites for hydroxylation is 2. The largest absolute Gasteiger partial charge is 0.454 e. The molecule has 1 aromatic carbocycles. The molecular formula is C19H16ClN5O4. The zero-order valence-electron chi connectivity index (χ0n) is 15.5. The molecule has 10 heteroatoms. The van der Waals surface area contributed by atoms with Crippen LogP contribution < -0.4 is 20.3 Å². The van der Waals surface area contributed by atoms with Crippen molar-refractivity contribution in [2.45, 2.75) is 13.8 Å². The topological polar surface area (TPSA) is 107 Å². The van der Waals surface area contributed by atoms with Crippen molar-refractivity contribution in [2.75, 3.05) is 6.79 Å². The van der Waals surface area contributed by atoms with Crippen molar-refractivity contribution in [2.24, 2.45) is 0 Å². The number of halogens is 1. The molecule has 0 saturated carbocycles. The Kier molecular flexibility index (Phi) is 4.81. The molecule has 9 nitrogen and oxygen atoms in total. The molecule has 0 spiro atoms. The van der Waals surface area contributed by atoms with E-state index in [2.05, 4.69) is 20.9 Å². The Morgan fingerprint density at radius 2 is 1.79 bits per heavy atom. The van der Waals surface area contributed by atoms with Crippen molar-refractivity contribution in [1.82, 2.24) is 25.6 Å². The lowest BCUT2D eigenvalue weighted by atomic mass is 10.2. The van der Waals surface area contributed by atoms with Gasteiger partial charge in [-0.25, -0.2) is 9.67 Å². The molecule has 0 fully saturated rings. The van der Waals surface area contributed by atoms with Gasteiger partial charge in [0.2, 0.25) is 6.79 Å². The Hall–Kier alpha value is -3.59. The van der Waals surface area contributed by atoms with Gasteiger partial charge in [0.25, 0.3) is 11.8 Å². The first-order chi connectivity index (χ1) is 13.9. The van der Waals surface area contributed by atoms with Gasteiger partial charge in [-0.3, -0.25) is 20.4 Å². The first-order valence-corrected chi connectivity index (χ1v) is 9.00. The molecule has 2 N–H and O–H groups in total. The number of hydrogen-bond acceptors (Lipinski definition) is 6. The molecule has 2 aromatic heterocycles. The number of pyridine rings is 1. The van der Waals surface area contributed by atoms with Crippen LogP contribution in [-0.2, 0) is 0 Å². The number of hydrazine groups is 1. The molecule has 29 heavy (non-hydrogen) atoms. The van der Waals surface area contributed by atoms with Crippen molar-refractivity contribution in [1.29, 1.82) is 0 Å². The molecule has 3 heterocycles. The van der Waals surface area contributed by atoms with E-state index in [0.717, 1.165) is 11.4 Å². The van der Waals surface area contributed by atoms with E-state index in [1.54, 1.807) is 28.9 Å². The average molecular weight is 414 g/mol. The molecule has 3 aromatic rings. The second-order valence-corrected chi connectivity index (χ2v) is 6.72. The van der Waals surface area contributed by atoms with Crippen molar-refractivity contribution in [3.05, 3.63) is 64.1 Å². The Labute approximate surface area is 170 Å². The van der Waals surface area contributed by atoms with Crippen LogP contribution in [-0.4, -0.2) is 33.4 Å². The molecule has 0 bridgehead atoms. The number of carbonyl (C=O) groups excluding carboxylic acids is 2. The monoisotopic (exact) mass is 413 g/mol. The van der Waals surface area contributed by atoms with Crippen LogP contribution in [0.4, 0.5) is 0 Å². The Morgan fingerprint density at radius 3 is 2.55 bits per heavy atom. The summed E-state index contributed by atoms with van der Waals surface area (Å²) in [5.41, 5.74) is 6.59. The third-order valence-electron chi connectivity index (χ3n) is 4.20. The number of benzene rings is 1.